The van der Waals surface area contributed by atoms with E-state index >= 15 is 0 Å². The Labute approximate surface area is 141 Å². The molecule has 0 aliphatic carbocycles. The molecule has 2 aromatic carbocycles. The van der Waals surface area contributed by atoms with Crippen LogP contribution in [-0.2, 0) is 0 Å². The molecule has 0 aliphatic rings. The van der Waals surface area contributed by atoms with Gasteiger partial charge in [0.15, 0.2) is 0 Å². The van der Waals surface area contributed by atoms with Gasteiger partial charge in [-0.2, -0.15) is 0 Å². The first-order valence-corrected chi connectivity index (χ1v) is 7.85. The largest absolute Gasteiger partial charge is 0.264 e. The monoisotopic (exact) mass is 307 g/mol. The van der Waals surface area contributed by atoms with E-state index in [0.717, 1.165) is 27.9 Å². The van der Waals surface area contributed by atoms with Crippen LogP contribution in [0.4, 0.5) is 0 Å². The normalized spacial score (nSPS) is 10.5. The van der Waals surface area contributed by atoms with E-state index in [9.17, 15) is 0 Å². The molecule has 24 heavy (non-hydrogen) atoms. The van der Waals surface area contributed by atoms with Gasteiger partial charge in [0, 0.05) is 29.7 Å². The lowest BCUT2D eigenvalue weighted by Crippen LogP contribution is -1.92. The number of aromatic nitrogens is 2. The molecule has 0 saturated heterocycles. The molecule has 2 aromatic heterocycles. The summed E-state index contributed by atoms with van der Waals surface area (Å²) in [5.74, 6) is 0. The summed E-state index contributed by atoms with van der Waals surface area (Å²) < 4.78 is 0. The van der Waals surface area contributed by atoms with Gasteiger partial charge in [-0.15, -0.1) is 0 Å². The van der Waals surface area contributed by atoms with Crippen molar-refractivity contribution < 1.29 is 0 Å². The lowest BCUT2D eigenvalue weighted by molar-refractivity contribution is 1.31. The van der Waals surface area contributed by atoms with Crippen LogP contribution in [0.3, 0.4) is 0 Å². The maximum absolute atomic E-state index is 4.57. The Bertz CT molecular complexity index is 876. The second kappa shape index (κ2) is 6.47. The maximum Gasteiger partial charge on any atom is 0.0720 e. The van der Waals surface area contributed by atoms with Crippen LogP contribution in [0.25, 0.3) is 33.5 Å². The summed E-state index contributed by atoms with van der Waals surface area (Å²) >= 11 is 0. The fourth-order valence-corrected chi connectivity index (χ4v) is 2.91. The SMILES string of the molecule is [c]1ccnc(-c2c(-c3ccccc3)cccc2-c2cccnc2)c1. The van der Waals surface area contributed by atoms with Crippen LogP contribution in [-0.4, -0.2) is 9.97 Å². The Hall–Kier alpha value is -3.26. The van der Waals surface area contributed by atoms with E-state index in [-0.39, 0.29) is 0 Å². The van der Waals surface area contributed by atoms with Gasteiger partial charge in [0.1, 0.15) is 0 Å². The highest BCUT2D eigenvalue weighted by molar-refractivity contribution is 5.93. The zero-order chi connectivity index (χ0) is 16.2. The molecule has 113 valence electrons. The highest BCUT2D eigenvalue weighted by Crippen LogP contribution is 2.38. The van der Waals surface area contributed by atoms with Gasteiger partial charge in [-0.1, -0.05) is 54.6 Å². The third-order valence-corrected chi connectivity index (χ3v) is 3.98. The fraction of sp³-hybridized carbons (Fsp3) is 0. The number of hydrogen-bond donors (Lipinski definition) is 0. The van der Waals surface area contributed by atoms with E-state index < -0.39 is 0 Å². The lowest BCUT2D eigenvalue weighted by atomic mass is 9.90. The minimum absolute atomic E-state index is 0.913. The number of nitrogens with zero attached hydrogens (tertiary/aromatic N) is 2. The highest BCUT2D eigenvalue weighted by atomic mass is 14.7. The van der Waals surface area contributed by atoms with Crippen LogP contribution < -0.4 is 0 Å². The van der Waals surface area contributed by atoms with Crippen molar-refractivity contribution in [1.82, 2.24) is 9.97 Å². The minimum Gasteiger partial charge on any atom is -0.264 e. The quantitative estimate of drug-likeness (QED) is 0.515. The molecule has 2 heterocycles. The Morgan fingerprint density at radius 2 is 1.50 bits per heavy atom. The van der Waals surface area contributed by atoms with Crippen molar-refractivity contribution in [2.24, 2.45) is 0 Å². The van der Waals surface area contributed by atoms with Gasteiger partial charge in [0.05, 0.1) is 5.69 Å². The maximum atomic E-state index is 4.57. The molecular formula is C22H15N2. The predicted molar refractivity (Wildman–Crippen MR) is 97.2 cm³/mol. The molecule has 0 saturated carbocycles. The first kappa shape index (κ1) is 14.3. The summed E-state index contributed by atoms with van der Waals surface area (Å²) in [6.07, 6.45) is 5.46. The molecule has 0 atom stereocenters. The molecule has 2 heteroatoms. The van der Waals surface area contributed by atoms with Crippen molar-refractivity contribution in [3.63, 3.8) is 0 Å². The summed E-state index contributed by atoms with van der Waals surface area (Å²) in [6, 6.07) is 27.7. The van der Waals surface area contributed by atoms with Gasteiger partial charge in [0.2, 0.25) is 0 Å². The Kier molecular flexibility index (Phi) is 3.86. The standard InChI is InChI=1S/C22H15N2/c1-2-8-17(9-3-1)19-11-6-12-20(18-10-7-14-23-16-18)22(19)21-13-4-5-15-24-21/h1-3,5-16H. The summed E-state index contributed by atoms with van der Waals surface area (Å²) in [7, 11) is 0. The summed E-state index contributed by atoms with van der Waals surface area (Å²) in [4.78, 5) is 8.84. The number of benzene rings is 2. The Morgan fingerprint density at radius 3 is 2.21 bits per heavy atom. The topological polar surface area (TPSA) is 25.8 Å². The molecule has 4 rings (SSSR count). The zero-order valence-electron chi connectivity index (χ0n) is 13.1. The summed E-state index contributed by atoms with van der Waals surface area (Å²) in [5, 5.41) is 0. The molecule has 4 aromatic rings. The molecule has 0 fully saturated rings. The molecule has 0 spiro atoms. The molecule has 0 bridgehead atoms. The van der Waals surface area contributed by atoms with Crippen LogP contribution >= 0.6 is 0 Å². The summed E-state index contributed by atoms with van der Waals surface area (Å²) in [6.45, 7) is 0. The zero-order valence-corrected chi connectivity index (χ0v) is 13.1. The van der Waals surface area contributed by atoms with Crippen molar-refractivity contribution in [2.75, 3.05) is 0 Å². The first-order chi connectivity index (χ1) is 11.9. The first-order valence-electron chi connectivity index (χ1n) is 7.85. The van der Waals surface area contributed by atoms with Gasteiger partial charge in [-0.25, -0.2) is 0 Å². The van der Waals surface area contributed by atoms with Crippen LogP contribution in [0.15, 0.2) is 91.4 Å². The van der Waals surface area contributed by atoms with Gasteiger partial charge in [0.25, 0.3) is 0 Å². The van der Waals surface area contributed by atoms with Crippen molar-refractivity contribution in [3.05, 3.63) is 97.5 Å². The van der Waals surface area contributed by atoms with Crippen molar-refractivity contribution in [2.45, 2.75) is 0 Å². The third-order valence-electron chi connectivity index (χ3n) is 3.98. The van der Waals surface area contributed by atoms with Gasteiger partial charge in [-0.3, -0.25) is 9.97 Å². The smallest absolute Gasteiger partial charge is 0.0720 e. The Morgan fingerprint density at radius 1 is 0.708 bits per heavy atom. The summed E-state index contributed by atoms with van der Waals surface area (Å²) in [5.41, 5.74) is 6.55. The van der Waals surface area contributed by atoms with E-state index in [1.54, 1.807) is 12.4 Å². The molecular weight excluding hydrogens is 292 g/mol. The molecule has 0 amide bonds. The van der Waals surface area contributed by atoms with Crippen molar-refractivity contribution in [3.8, 4) is 33.5 Å². The van der Waals surface area contributed by atoms with Crippen LogP contribution in [0.1, 0.15) is 0 Å². The third kappa shape index (κ3) is 2.70. The van der Waals surface area contributed by atoms with Crippen LogP contribution in [0.2, 0.25) is 0 Å². The molecule has 0 aliphatic heterocycles. The Balaban J connectivity index is 2.02. The van der Waals surface area contributed by atoms with Gasteiger partial charge < -0.3 is 0 Å². The van der Waals surface area contributed by atoms with Crippen molar-refractivity contribution in [1.29, 1.82) is 0 Å². The predicted octanol–water partition coefficient (Wildman–Crippen LogP) is 5.28. The van der Waals surface area contributed by atoms with E-state index in [4.69, 9.17) is 0 Å². The van der Waals surface area contributed by atoms with Gasteiger partial charge in [-0.05, 0) is 41.0 Å². The van der Waals surface area contributed by atoms with E-state index in [2.05, 4.69) is 64.6 Å². The number of pyridine rings is 2. The second-order valence-corrected chi connectivity index (χ2v) is 5.48. The minimum atomic E-state index is 0.913. The molecule has 1 radical (unpaired) electrons. The fourth-order valence-electron chi connectivity index (χ4n) is 2.91. The van der Waals surface area contributed by atoms with Crippen LogP contribution in [0, 0.1) is 6.07 Å². The van der Waals surface area contributed by atoms with Crippen molar-refractivity contribution >= 4 is 0 Å². The molecule has 2 nitrogen and oxygen atoms in total. The van der Waals surface area contributed by atoms with E-state index in [1.165, 1.54) is 5.56 Å². The lowest BCUT2D eigenvalue weighted by Gasteiger charge is -2.15. The van der Waals surface area contributed by atoms with Crippen LogP contribution in [0.5, 0.6) is 0 Å². The number of rotatable bonds is 3. The number of hydrogen-bond acceptors (Lipinski definition) is 2. The van der Waals surface area contributed by atoms with E-state index in [1.807, 2.05) is 30.5 Å². The molecule has 0 N–H and O–H groups in total. The molecule has 0 unspecified atom stereocenters. The second-order valence-electron chi connectivity index (χ2n) is 5.48. The van der Waals surface area contributed by atoms with Gasteiger partial charge >= 0.3 is 0 Å². The average molecular weight is 307 g/mol. The van der Waals surface area contributed by atoms with E-state index in [0.29, 0.717) is 0 Å². The average Bonchev–Trinajstić information content (AvgIpc) is 2.69. The highest BCUT2D eigenvalue weighted by Gasteiger charge is 2.14.